The van der Waals surface area contributed by atoms with Crippen LogP contribution in [0.15, 0.2) is 22.7 Å². The number of aromatic nitrogens is 2. The Kier molecular flexibility index (Phi) is 3.47. The Bertz CT molecular complexity index is 598. The number of benzene rings is 1. The normalized spacial score (nSPS) is 22.9. The lowest BCUT2D eigenvalue weighted by molar-refractivity contribution is 0.329. The molecule has 0 radical (unpaired) electrons. The molecule has 20 heavy (non-hydrogen) atoms. The summed E-state index contributed by atoms with van der Waals surface area (Å²) in [5, 5.41) is 13.7. The lowest BCUT2D eigenvalue weighted by Crippen LogP contribution is -2.11. The zero-order valence-corrected chi connectivity index (χ0v) is 12.0. The lowest BCUT2D eigenvalue weighted by atomic mass is 9.83. The van der Waals surface area contributed by atoms with Gasteiger partial charge in [0.25, 0.3) is 5.89 Å². The van der Waals surface area contributed by atoms with Gasteiger partial charge in [-0.2, -0.15) is 4.98 Å². The van der Waals surface area contributed by atoms with Crippen molar-refractivity contribution in [1.82, 2.24) is 10.1 Å². The maximum absolute atomic E-state index is 9.56. The zero-order chi connectivity index (χ0) is 14.1. The van der Waals surface area contributed by atoms with Crippen LogP contribution in [0.2, 0.25) is 0 Å². The van der Waals surface area contributed by atoms with E-state index in [-0.39, 0.29) is 5.75 Å². The second kappa shape index (κ2) is 5.27. The van der Waals surface area contributed by atoms with Crippen molar-refractivity contribution >= 4 is 0 Å². The first kappa shape index (κ1) is 13.2. The Hall–Kier alpha value is -1.84. The van der Waals surface area contributed by atoms with E-state index in [4.69, 9.17) is 4.52 Å². The van der Waals surface area contributed by atoms with Crippen LogP contribution in [0.3, 0.4) is 0 Å². The highest BCUT2D eigenvalue weighted by Gasteiger charge is 2.24. The van der Waals surface area contributed by atoms with Gasteiger partial charge in [0.05, 0.1) is 0 Å². The molecule has 0 amide bonds. The highest BCUT2D eigenvalue weighted by atomic mass is 16.5. The summed E-state index contributed by atoms with van der Waals surface area (Å²) in [5.74, 6) is 2.91. The lowest BCUT2D eigenvalue weighted by Gasteiger charge is -2.23. The summed E-state index contributed by atoms with van der Waals surface area (Å²) >= 11 is 0. The highest BCUT2D eigenvalue weighted by molar-refractivity contribution is 5.56. The Balaban J connectivity index is 1.81. The van der Waals surface area contributed by atoms with Gasteiger partial charge in [-0.15, -0.1) is 0 Å². The van der Waals surface area contributed by atoms with Gasteiger partial charge in [-0.05, 0) is 49.4 Å². The van der Waals surface area contributed by atoms with Crippen molar-refractivity contribution in [2.24, 2.45) is 5.92 Å². The van der Waals surface area contributed by atoms with Gasteiger partial charge < -0.3 is 9.63 Å². The van der Waals surface area contributed by atoms with Crippen molar-refractivity contribution in [3.05, 3.63) is 29.6 Å². The van der Waals surface area contributed by atoms with Crippen LogP contribution in [0.5, 0.6) is 5.75 Å². The zero-order valence-electron chi connectivity index (χ0n) is 12.0. The fourth-order valence-corrected chi connectivity index (χ4v) is 2.82. The third-order valence-corrected chi connectivity index (χ3v) is 4.27. The van der Waals surface area contributed by atoms with E-state index in [1.54, 1.807) is 6.07 Å². The van der Waals surface area contributed by atoms with Gasteiger partial charge in [-0.3, -0.25) is 0 Å². The van der Waals surface area contributed by atoms with Crippen molar-refractivity contribution in [3.8, 4) is 17.2 Å². The van der Waals surface area contributed by atoms with E-state index in [9.17, 15) is 5.11 Å². The monoisotopic (exact) mass is 272 g/mol. The second-order valence-electron chi connectivity index (χ2n) is 5.92. The molecule has 0 atom stereocenters. The van der Waals surface area contributed by atoms with E-state index in [0.29, 0.717) is 11.8 Å². The van der Waals surface area contributed by atoms with E-state index in [2.05, 4.69) is 17.1 Å². The van der Waals surface area contributed by atoms with E-state index in [0.717, 1.165) is 35.7 Å². The van der Waals surface area contributed by atoms with E-state index < -0.39 is 0 Å². The minimum Gasteiger partial charge on any atom is -0.508 e. The van der Waals surface area contributed by atoms with Gasteiger partial charge in [-0.1, -0.05) is 24.9 Å². The third kappa shape index (κ3) is 2.55. The van der Waals surface area contributed by atoms with Crippen LogP contribution in [0.4, 0.5) is 0 Å². The van der Waals surface area contributed by atoms with Crippen molar-refractivity contribution in [2.75, 3.05) is 0 Å². The maximum Gasteiger partial charge on any atom is 0.257 e. The number of hydrogen-bond acceptors (Lipinski definition) is 4. The van der Waals surface area contributed by atoms with Gasteiger partial charge in [0.1, 0.15) is 5.75 Å². The molecule has 0 aliphatic heterocycles. The van der Waals surface area contributed by atoms with Gasteiger partial charge >= 0.3 is 0 Å². The Morgan fingerprint density at radius 2 is 1.95 bits per heavy atom. The Morgan fingerprint density at radius 3 is 2.65 bits per heavy atom. The summed E-state index contributed by atoms with van der Waals surface area (Å²) in [7, 11) is 0. The molecule has 1 N–H and O–H groups in total. The molecule has 1 aromatic heterocycles. The highest BCUT2D eigenvalue weighted by Crippen LogP contribution is 2.35. The van der Waals surface area contributed by atoms with Crippen LogP contribution in [0, 0.1) is 12.8 Å². The van der Waals surface area contributed by atoms with Gasteiger partial charge in [0.2, 0.25) is 0 Å². The predicted octanol–water partition coefficient (Wildman–Crippen LogP) is 4.04. The van der Waals surface area contributed by atoms with Gasteiger partial charge in [0, 0.05) is 11.5 Å². The van der Waals surface area contributed by atoms with E-state index >= 15 is 0 Å². The summed E-state index contributed by atoms with van der Waals surface area (Å²) in [5.41, 5.74) is 1.68. The maximum atomic E-state index is 9.56. The van der Waals surface area contributed by atoms with Crippen LogP contribution in [-0.4, -0.2) is 15.2 Å². The summed E-state index contributed by atoms with van der Waals surface area (Å²) in [6, 6.07) is 5.34. The second-order valence-corrected chi connectivity index (χ2v) is 5.92. The molecule has 2 aromatic rings. The fraction of sp³-hybridized carbons (Fsp3) is 0.500. The molecule has 0 bridgehead atoms. The van der Waals surface area contributed by atoms with Crippen LogP contribution in [0.1, 0.15) is 49.9 Å². The molecule has 1 saturated carbocycles. The number of aromatic hydroxyl groups is 1. The molecule has 106 valence electrons. The van der Waals surface area contributed by atoms with Crippen molar-refractivity contribution in [2.45, 2.75) is 45.4 Å². The van der Waals surface area contributed by atoms with Crippen molar-refractivity contribution in [3.63, 3.8) is 0 Å². The SMILES string of the molecule is Cc1cc(-c2nc(C3CCC(C)CC3)no2)ccc1O. The average molecular weight is 272 g/mol. The summed E-state index contributed by atoms with van der Waals surface area (Å²) in [4.78, 5) is 4.54. The Morgan fingerprint density at radius 1 is 1.20 bits per heavy atom. The molecule has 1 aliphatic carbocycles. The number of nitrogens with zero attached hydrogens (tertiary/aromatic N) is 2. The number of hydrogen-bond donors (Lipinski definition) is 1. The van der Waals surface area contributed by atoms with E-state index in [1.165, 1.54) is 12.8 Å². The molecule has 0 unspecified atom stereocenters. The molecule has 3 rings (SSSR count). The summed E-state index contributed by atoms with van der Waals surface area (Å²) < 4.78 is 5.38. The van der Waals surface area contributed by atoms with E-state index in [1.807, 2.05) is 19.1 Å². The van der Waals surface area contributed by atoms with Crippen LogP contribution in [0.25, 0.3) is 11.5 Å². The van der Waals surface area contributed by atoms with Crippen LogP contribution < -0.4 is 0 Å². The number of phenolic OH excluding ortho intramolecular Hbond substituents is 1. The Labute approximate surface area is 118 Å². The first-order chi connectivity index (χ1) is 9.63. The molecule has 0 spiro atoms. The molecule has 1 aromatic carbocycles. The first-order valence-electron chi connectivity index (χ1n) is 7.27. The third-order valence-electron chi connectivity index (χ3n) is 4.27. The van der Waals surface area contributed by atoms with Crippen molar-refractivity contribution < 1.29 is 9.63 Å². The van der Waals surface area contributed by atoms with Gasteiger partial charge in [0.15, 0.2) is 5.82 Å². The van der Waals surface area contributed by atoms with Crippen LogP contribution in [-0.2, 0) is 0 Å². The molecule has 4 heteroatoms. The molecule has 0 saturated heterocycles. The molecule has 1 fully saturated rings. The minimum absolute atomic E-state index is 0.287. The smallest absolute Gasteiger partial charge is 0.257 e. The van der Waals surface area contributed by atoms with Crippen LogP contribution >= 0.6 is 0 Å². The minimum atomic E-state index is 0.287. The molecule has 4 nitrogen and oxygen atoms in total. The molecular weight excluding hydrogens is 252 g/mol. The topological polar surface area (TPSA) is 59.2 Å². The fourth-order valence-electron chi connectivity index (χ4n) is 2.82. The average Bonchev–Trinajstić information content (AvgIpc) is 2.92. The molecule has 1 aliphatic rings. The number of aryl methyl sites for hydroxylation is 1. The summed E-state index contributed by atoms with van der Waals surface area (Å²) in [6.45, 7) is 4.16. The van der Waals surface area contributed by atoms with Crippen molar-refractivity contribution in [1.29, 1.82) is 0 Å². The largest absolute Gasteiger partial charge is 0.508 e. The number of phenols is 1. The first-order valence-corrected chi connectivity index (χ1v) is 7.27. The standard InChI is InChI=1S/C16H20N2O2/c1-10-3-5-12(6-4-10)15-17-16(20-18-15)13-7-8-14(19)11(2)9-13/h7-10,12,19H,3-6H2,1-2H3. The predicted molar refractivity (Wildman–Crippen MR) is 76.5 cm³/mol. The van der Waals surface area contributed by atoms with Gasteiger partial charge in [-0.25, -0.2) is 0 Å². The molecular formula is C16H20N2O2. The quantitative estimate of drug-likeness (QED) is 0.896. The number of rotatable bonds is 2. The summed E-state index contributed by atoms with van der Waals surface area (Å²) in [6.07, 6.45) is 4.78. The molecule has 1 heterocycles.